The molecule has 3 rings (SSSR count). The summed E-state index contributed by atoms with van der Waals surface area (Å²) in [5, 5.41) is 8.03. The molecule has 0 bridgehead atoms. The first-order valence-corrected chi connectivity index (χ1v) is 7.33. The van der Waals surface area contributed by atoms with E-state index >= 15 is 0 Å². The fourth-order valence-corrected chi connectivity index (χ4v) is 2.41. The highest BCUT2D eigenvalue weighted by atomic mass is 15.4. The van der Waals surface area contributed by atoms with E-state index in [1.165, 1.54) is 0 Å². The molecule has 0 saturated carbocycles. The molecule has 0 amide bonds. The van der Waals surface area contributed by atoms with E-state index < -0.39 is 0 Å². The Morgan fingerprint density at radius 1 is 0.905 bits per heavy atom. The first-order chi connectivity index (χ1) is 10.4. The van der Waals surface area contributed by atoms with E-state index in [1.807, 2.05) is 36.4 Å². The number of hydrogen-bond acceptors (Lipinski definition) is 3. The molecule has 2 N–H and O–H groups in total. The number of hydrazone groups is 1. The Morgan fingerprint density at radius 2 is 1.52 bits per heavy atom. The summed E-state index contributed by atoms with van der Waals surface area (Å²) in [6, 6.07) is 20.4. The van der Waals surface area contributed by atoms with Crippen molar-refractivity contribution in [3.8, 4) is 0 Å². The van der Waals surface area contributed by atoms with Gasteiger partial charge in [0.05, 0.1) is 5.69 Å². The maximum atomic E-state index is 4.65. The minimum absolute atomic E-state index is 0.976. The van der Waals surface area contributed by atoms with E-state index in [2.05, 4.69) is 45.0 Å². The van der Waals surface area contributed by atoms with Gasteiger partial charge in [-0.1, -0.05) is 48.5 Å². The molecule has 0 unspecified atom stereocenters. The van der Waals surface area contributed by atoms with E-state index in [4.69, 9.17) is 0 Å². The van der Waals surface area contributed by atoms with Gasteiger partial charge in [0.15, 0.2) is 5.84 Å². The lowest BCUT2D eigenvalue weighted by Crippen LogP contribution is -2.47. The van der Waals surface area contributed by atoms with Crippen LogP contribution in [-0.2, 0) is 0 Å². The van der Waals surface area contributed by atoms with E-state index in [9.17, 15) is 0 Å². The van der Waals surface area contributed by atoms with Crippen molar-refractivity contribution in [3.63, 3.8) is 0 Å². The van der Waals surface area contributed by atoms with Gasteiger partial charge in [0.25, 0.3) is 0 Å². The van der Waals surface area contributed by atoms with Crippen LogP contribution in [0.25, 0.3) is 0 Å². The van der Waals surface area contributed by atoms with Gasteiger partial charge in [0, 0.05) is 31.7 Å². The SMILES string of the molecule is c1ccc(N/N=C(\c2ccccc2)N2CCNCC2)cc1. The number of hydrogen-bond donors (Lipinski definition) is 2. The third kappa shape index (κ3) is 3.61. The van der Waals surface area contributed by atoms with Crippen LogP contribution < -0.4 is 10.7 Å². The Kier molecular flexibility index (Phi) is 4.49. The van der Waals surface area contributed by atoms with Gasteiger partial charge in [-0.05, 0) is 12.1 Å². The Hall–Kier alpha value is -2.33. The average Bonchev–Trinajstić information content (AvgIpc) is 2.58. The van der Waals surface area contributed by atoms with Crippen LogP contribution in [0.1, 0.15) is 5.56 Å². The van der Waals surface area contributed by atoms with E-state index in [-0.39, 0.29) is 0 Å². The van der Waals surface area contributed by atoms with Crippen LogP contribution in [0.15, 0.2) is 65.8 Å². The number of nitrogens with one attached hydrogen (secondary N) is 2. The lowest BCUT2D eigenvalue weighted by molar-refractivity contribution is 0.357. The molecule has 0 aromatic heterocycles. The maximum absolute atomic E-state index is 4.65. The quantitative estimate of drug-likeness (QED) is 0.515. The summed E-state index contributed by atoms with van der Waals surface area (Å²) in [4.78, 5) is 2.32. The lowest BCUT2D eigenvalue weighted by atomic mass is 10.2. The summed E-state index contributed by atoms with van der Waals surface area (Å²) in [7, 11) is 0. The monoisotopic (exact) mass is 280 g/mol. The number of piperazine rings is 1. The molecule has 1 heterocycles. The molecule has 2 aromatic rings. The highest BCUT2D eigenvalue weighted by molar-refractivity contribution is 5.99. The Morgan fingerprint density at radius 3 is 2.19 bits per heavy atom. The molecule has 21 heavy (non-hydrogen) atoms. The summed E-state index contributed by atoms with van der Waals surface area (Å²) in [5.41, 5.74) is 5.31. The average molecular weight is 280 g/mol. The van der Waals surface area contributed by atoms with Gasteiger partial charge in [0.1, 0.15) is 0 Å². The highest BCUT2D eigenvalue weighted by Crippen LogP contribution is 2.10. The van der Waals surface area contributed by atoms with Gasteiger partial charge in [0.2, 0.25) is 0 Å². The molecule has 0 aliphatic carbocycles. The zero-order chi connectivity index (χ0) is 14.3. The van der Waals surface area contributed by atoms with Crippen LogP contribution in [0.4, 0.5) is 5.69 Å². The van der Waals surface area contributed by atoms with Gasteiger partial charge >= 0.3 is 0 Å². The Balaban J connectivity index is 1.84. The van der Waals surface area contributed by atoms with Crippen molar-refractivity contribution >= 4 is 11.5 Å². The fraction of sp³-hybridized carbons (Fsp3) is 0.235. The van der Waals surface area contributed by atoms with Crippen LogP contribution in [0, 0.1) is 0 Å². The van der Waals surface area contributed by atoms with Gasteiger partial charge in [-0.2, -0.15) is 5.10 Å². The predicted molar refractivity (Wildman–Crippen MR) is 87.5 cm³/mol. The Labute approximate surface area is 125 Å². The molecule has 108 valence electrons. The fourth-order valence-electron chi connectivity index (χ4n) is 2.41. The molecule has 1 fully saturated rings. The van der Waals surface area contributed by atoms with Gasteiger partial charge in [-0.15, -0.1) is 0 Å². The van der Waals surface area contributed by atoms with Gasteiger partial charge in [-0.3, -0.25) is 5.43 Å². The molecular formula is C17H20N4. The third-order valence-electron chi connectivity index (χ3n) is 3.51. The molecule has 1 saturated heterocycles. The molecular weight excluding hydrogens is 260 g/mol. The summed E-state index contributed by atoms with van der Waals surface area (Å²) in [5.74, 6) is 1.00. The second-order valence-corrected chi connectivity index (χ2v) is 5.02. The zero-order valence-corrected chi connectivity index (χ0v) is 12.0. The minimum Gasteiger partial charge on any atom is -0.352 e. The van der Waals surface area contributed by atoms with Crippen LogP contribution >= 0.6 is 0 Å². The first-order valence-electron chi connectivity index (χ1n) is 7.33. The van der Waals surface area contributed by atoms with Crippen molar-refractivity contribution in [3.05, 3.63) is 66.2 Å². The molecule has 0 spiro atoms. The van der Waals surface area contributed by atoms with E-state index in [0.29, 0.717) is 0 Å². The highest BCUT2D eigenvalue weighted by Gasteiger charge is 2.16. The van der Waals surface area contributed by atoms with E-state index in [1.54, 1.807) is 0 Å². The molecule has 2 aromatic carbocycles. The number of amidine groups is 1. The minimum atomic E-state index is 0.976. The summed E-state index contributed by atoms with van der Waals surface area (Å²) < 4.78 is 0. The molecule has 1 aliphatic heterocycles. The van der Waals surface area contributed by atoms with Crippen LogP contribution in [0.2, 0.25) is 0 Å². The smallest absolute Gasteiger partial charge is 0.156 e. The summed E-state index contributed by atoms with van der Waals surface area (Å²) in [6.45, 7) is 3.95. The second-order valence-electron chi connectivity index (χ2n) is 5.02. The lowest BCUT2D eigenvalue weighted by Gasteiger charge is -2.30. The van der Waals surface area contributed by atoms with Crippen molar-refractivity contribution in [2.75, 3.05) is 31.6 Å². The number of para-hydroxylation sites is 1. The number of benzene rings is 2. The number of nitrogens with zero attached hydrogens (tertiary/aromatic N) is 2. The normalized spacial score (nSPS) is 15.8. The van der Waals surface area contributed by atoms with Crippen LogP contribution in [0.5, 0.6) is 0 Å². The summed E-state index contributed by atoms with van der Waals surface area (Å²) in [6.07, 6.45) is 0. The maximum Gasteiger partial charge on any atom is 0.156 e. The van der Waals surface area contributed by atoms with Crippen molar-refractivity contribution in [2.45, 2.75) is 0 Å². The van der Waals surface area contributed by atoms with Gasteiger partial charge < -0.3 is 10.2 Å². The van der Waals surface area contributed by atoms with Crippen molar-refractivity contribution in [1.82, 2.24) is 10.2 Å². The largest absolute Gasteiger partial charge is 0.352 e. The molecule has 4 nitrogen and oxygen atoms in total. The first kappa shape index (κ1) is 13.6. The van der Waals surface area contributed by atoms with Gasteiger partial charge in [-0.25, -0.2) is 0 Å². The molecule has 0 atom stereocenters. The standard InChI is InChI=1S/C17H20N4/c1-3-7-15(8-4-1)17(21-13-11-18-12-14-21)20-19-16-9-5-2-6-10-16/h1-10,18-19H,11-14H2/b20-17+. The summed E-state index contributed by atoms with van der Waals surface area (Å²) >= 11 is 0. The molecule has 1 aliphatic rings. The zero-order valence-electron chi connectivity index (χ0n) is 12.0. The molecule has 4 heteroatoms. The molecule has 0 radical (unpaired) electrons. The predicted octanol–water partition coefficient (Wildman–Crippen LogP) is 2.37. The van der Waals surface area contributed by atoms with Crippen LogP contribution in [-0.4, -0.2) is 36.9 Å². The third-order valence-corrected chi connectivity index (χ3v) is 3.51. The van der Waals surface area contributed by atoms with Crippen molar-refractivity contribution in [1.29, 1.82) is 0 Å². The number of rotatable bonds is 3. The Bertz CT molecular complexity index is 574. The topological polar surface area (TPSA) is 39.7 Å². The van der Waals surface area contributed by atoms with Crippen molar-refractivity contribution < 1.29 is 0 Å². The van der Waals surface area contributed by atoms with Crippen molar-refractivity contribution in [2.24, 2.45) is 5.10 Å². The van der Waals surface area contributed by atoms with Crippen LogP contribution in [0.3, 0.4) is 0 Å². The number of anilines is 1. The second kappa shape index (κ2) is 6.90. The van der Waals surface area contributed by atoms with E-state index in [0.717, 1.165) is 43.3 Å².